The molecule has 0 aliphatic heterocycles. The van der Waals surface area contributed by atoms with Crippen molar-refractivity contribution in [2.24, 2.45) is 5.92 Å². The molecule has 1 heterocycles. The van der Waals surface area contributed by atoms with Crippen LogP contribution in [0.25, 0.3) is 0 Å². The molecule has 1 amide bonds. The van der Waals surface area contributed by atoms with E-state index in [1.165, 1.54) is 18.5 Å². The summed E-state index contributed by atoms with van der Waals surface area (Å²) in [6.07, 6.45) is 4.27. The average Bonchev–Trinajstić information content (AvgIpc) is 3.26. The Morgan fingerprint density at radius 2 is 2.05 bits per heavy atom. The molecule has 110 valence electrons. The third kappa shape index (κ3) is 2.49. The maximum atomic E-state index is 12.6. The summed E-state index contributed by atoms with van der Waals surface area (Å²) in [6, 6.07) is 2.59. The summed E-state index contributed by atoms with van der Waals surface area (Å²) in [4.78, 5) is 14.2. The largest absolute Gasteiger partial charge is 0.391 e. The zero-order chi connectivity index (χ0) is 14.4. The molecule has 1 N–H and O–H groups in total. The van der Waals surface area contributed by atoms with Crippen molar-refractivity contribution < 1.29 is 9.90 Å². The van der Waals surface area contributed by atoms with Gasteiger partial charge in [-0.2, -0.15) is 0 Å². The highest BCUT2D eigenvalue weighted by Gasteiger charge is 2.32. The van der Waals surface area contributed by atoms with Crippen molar-refractivity contribution in [2.75, 3.05) is 13.6 Å². The Morgan fingerprint density at radius 3 is 2.60 bits per heavy atom. The SMILES string of the molecule is Cc1cc(C(=O)N(C)CC(O)C2CC2)c(C)n1C1CC1. The lowest BCUT2D eigenvalue weighted by molar-refractivity contribution is 0.0644. The Hall–Kier alpha value is -1.29. The minimum absolute atomic E-state index is 0.0321. The van der Waals surface area contributed by atoms with Gasteiger partial charge in [-0.05, 0) is 51.5 Å². The zero-order valence-corrected chi connectivity index (χ0v) is 12.6. The van der Waals surface area contributed by atoms with E-state index in [9.17, 15) is 9.90 Å². The topological polar surface area (TPSA) is 45.5 Å². The fourth-order valence-electron chi connectivity index (χ4n) is 3.09. The van der Waals surface area contributed by atoms with E-state index in [2.05, 4.69) is 11.5 Å². The number of hydrogen-bond donors (Lipinski definition) is 1. The van der Waals surface area contributed by atoms with E-state index < -0.39 is 0 Å². The fraction of sp³-hybridized carbons (Fsp3) is 0.688. The van der Waals surface area contributed by atoms with Crippen molar-refractivity contribution in [3.63, 3.8) is 0 Å². The molecule has 1 unspecified atom stereocenters. The maximum Gasteiger partial charge on any atom is 0.255 e. The Labute approximate surface area is 120 Å². The van der Waals surface area contributed by atoms with E-state index in [0.29, 0.717) is 18.5 Å². The fourth-order valence-corrected chi connectivity index (χ4v) is 3.09. The normalized spacial score (nSPS) is 20.0. The van der Waals surface area contributed by atoms with Gasteiger partial charge in [0.25, 0.3) is 5.91 Å². The van der Waals surface area contributed by atoms with Gasteiger partial charge in [-0.3, -0.25) is 4.79 Å². The number of aryl methyl sites for hydroxylation is 1. The number of nitrogens with zero attached hydrogens (tertiary/aromatic N) is 2. The molecule has 3 rings (SSSR count). The van der Waals surface area contributed by atoms with Gasteiger partial charge in [-0.1, -0.05) is 0 Å². The molecule has 2 fully saturated rings. The van der Waals surface area contributed by atoms with Crippen LogP contribution < -0.4 is 0 Å². The number of aliphatic hydroxyl groups is 1. The molecule has 20 heavy (non-hydrogen) atoms. The van der Waals surface area contributed by atoms with Crippen LogP contribution in [-0.4, -0.2) is 40.2 Å². The summed E-state index contributed by atoms with van der Waals surface area (Å²) in [6.45, 7) is 4.54. The molecule has 2 aliphatic carbocycles. The number of amides is 1. The summed E-state index contributed by atoms with van der Waals surface area (Å²) >= 11 is 0. The number of carbonyl (C=O) groups is 1. The summed E-state index contributed by atoms with van der Waals surface area (Å²) in [5.41, 5.74) is 3.03. The van der Waals surface area contributed by atoms with E-state index in [4.69, 9.17) is 0 Å². The van der Waals surface area contributed by atoms with E-state index in [-0.39, 0.29) is 12.0 Å². The van der Waals surface area contributed by atoms with E-state index in [1.54, 1.807) is 11.9 Å². The first-order chi connectivity index (χ1) is 9.49. The number of hydrogen-bond acceptors (Lipinski definition) is 2. The first-order valence-electron chi connectivity index (χ1n) is 7.61. The molecular formula is C16H24N2O2. The second kappa shape index (κ2) is 4.92. The van der Waals surface area contributed by atoms with Crippen molar-refractivity contribution in [3.05, 3.63) is 23.0 Å². The number of carbonyl (C=O) groups excluding carboxylic acids is 1. The third-order valence-corrected chi connectivity index (χ3v) is 4.60. The summed E-state index contributed by atoms with van der Waals surface area (Å²) in [5, 5.41) is 9.98. The van der Waals surface area contributed by atoms with Crippen LogP contribution >= 0.6 is 0 Å². The minimum atomic E-state index is -0.365. The van der Waals surface area contributed by atoms with Crippen LogP contribution in [0.2, 0.25) is 0 Å². The van der Waals surface area contributed by atoms with Gasteiger partial charge in [0.15, 0.2) is 0 Å². The smallest absolute Gasteiger partial charge is 0.255 e. The predicted octanol–water partition coefficient (Wildman–Crippen LogP) is 2.28. The highest BCUT2D eigenvalue weighted by molar-refractivity contribution is 5.95. The van der Waals surface area contributed by atoms with Gasteiger partial charge in [-0.15, -0.1) is 0 Å². The Kier molecular flexibility index (Phi) is 3.36. The van der Waals surface area contributed by atoms with Gasteiger partial charge >= 0.3 is 0 Å². The lowest BCUT2D eigenvalue weighted by Crippen LogP contribution is -2.35. The van der Waals surface area contributed by atoms with E-state index >= 15 is 0 Å². The van der Waals surface area contributed by atoms with Crippen LogP contribution in [0, 0.1) is 19.8 Å². The molecule has 1 aromatic rings. The molecule has 0 bridgehead atoms. The lowest BCUT2D eigenvalue weighted by Gasteiger charge is -2.21. The first-order valence-corrected chi connectivity index (χ1v) is 7.61. The standard InChI is InChI=1S/C16H24N2O2/c1-10-8-14(11(2)18(10)13-6-7-13)16(20)17(3)9-15(19)12-4-5-12/h8,12-13,15,19H,4-7,9H2,1-3H3. The van der Waals surface area contributed by atoms with Gasteiger partial charge in [0, 0.05) is 31.0 Å². The maximum absolute atomic E-state index is 12.6. The second-order valence-electron chi connectivity index (χ2n) is 6.48. The molecule has 0 aromatic carbocycles. The number of rotatable bonds is 5. The summed E-state index contributed by atoms with van der Waals surface area (Å²) in [7, 11) is 1.79. The zero-order valence-electron chi connectivity index (χ0n) is 12.6. The second-order valence-corrected chi connectivity index (χ2v) is 6.48. The van der Waals surface area contributed by atoms with Crippen molar-refractivity contribution in [1.82, 2.24) is 9.47 Å². The molecule has 2 saturated carbocycles. The molecule has 0 saturated heterocycles. The van der Waals surface area contributed by atoms with Gasteiger partial charge in [0.1, 0.15) is 0 Å². The van der Waals surface area contributed by atoms with Crippen LogP contribution in [0.4, 0.5) is 0 Å². The van der Waals surface area contributed by atoms with Gasteiger partial charge in [-0.25, -0.2) is 0 Å². The Morgan fingerprint density at radius 1 is 1.40 bits per heavy atom. The molecule has 0 radical (unpaired) electrons. The monoisotopic (exact) mass is 276 g/mol. The molecule has 4 nitrogen and oxygen atoms in total. The van der Waals surface area contributed by atoms with E-state index in [0.717, 1.165) is 24.1 Å². The van der Waals surface area contributed by atoms with E-state index in [1.807, 2.05) is 13.0 Å². The van der Waals surface area contributed by atoms with Crippen LogP contribution in [-0.2, 0) is 0 Å². The summed E-state index contributed by atoms with van der Waals surface area (Å²) < 4.78 is 2.29. The van der Waals surface area contributed by atoms with Gasteiger partial charge in [0.2, 0.25) is 0 Å². The highest BCUT2D eigenvalue weighted by Crippen LogP contribution is 2.38. The molecule has 2 aliphatic rings. The summed E-state index contributed by atoms with van der Waals surface area (Å²) in [5.74, 6) is 0.439. The van der Waals surface area contributed by atoms with Crippen LogP contribution in [0.5, 0.6) is 0 Å². The minimum Gasteiger partial charge on any atom is -0.391 e. The molecule has 1 atom stereocenters. The quantitative estimate of drug-likeness (QED) is 0.897. The number of aliphatic hydroxyl groups excluding tert-OH is 1. The number of aromatic nitrogens is 1. The van der Waals surface area contributed by atoms with Crippen molar-refractivity contribution >= 4 is 5.91 Å². The molecule has 1 aromatic heterocycles. The van der Waals surface area contributed by atoms with Crippen LogP contribution in [0.15, 0.2) is 6.07 Å². The third-order valence-electron chi connectivity index (χ3n) is 4.60. The molecule has 4 heteroatoms. The Bertz CT molecular complexity index is 527. The van der Waals surface area contributed by atoms with Crippen molar-refractivity contribution in [3.8, 4) is 0 Å². The molecule has 0 spiro atoms. The predicted molar refractivity (Wildman–Crippen MR) is 77.9 cm³/mol. The average molecular weight is 276 g/mol. The Balaban J connectivity index is 1.74. The van der Waals surface area contributed by atoms with Crippen molar-refractivity contribution in [1.29, 1.82) is 0 Å². The van der Waals surface area contributed by atoms with Gasteiger partial charge < -0.3 is 14.6 Å². The van der Waals surface area contributed by atoms with Crippen LogP contribution in [0.1, 0.15) is 53.5 Å². The van der Waals surface area contributed by atoms with Crippen LogP contribution in [0.3, 0.4) is 0 Å². The number of likely N-dealkylation sites (N-methyl/N-ethyl adjacent to an activating group) is 1. The van der Waals surface area contributed by atoms with Crippen molar-refractivity contribution in [2.45, 2.75) is 51.7 Å². The van der Waals surface area contributed by atoms with Gasteiger partial charge in [0.05, 0.1) is 11.7 Å². The lowest BCUT2D eigenvalue weighted by atomic mass is 10.2. The highest BCUT2D eigenvalue weighted by atomic mass is 16.3. The first kappa shape index (κ1) is 13.7. The molecular weight excluding hydrogens is 252 g/mol.